The first-order valence-corrected chi connectivity index (χ1v) is 10.7. The standard InChI is InChI=1S/C17H21N3O4S2/c1-24-17(21)16-14(7-11-25-16)26(22,23)19-12-13-5-9-20(10-6-13)15-4-2-3-8-18-15/h2-4,7-8,11,13,19H,5-6,9-10,12H2,1H3. The Morgan fingerprint density at radius 3 is 2.77 bits per heavy atom. The summed E-state index contributed by atoms with van der Waals surface area (Å²) in [6.07, 6.45) is 3.54. The van der Waals surface area contributed by atoms with Crippen molar-refractivity contribution in [1.29, 1.82) is 0 Å². The van der Waals surface area contributed by atoms with E-state index in [1.807, 2.05) is 18.2 Å². The van der Waals surface area contributed by atoms with Crippen molar-refractivity contribution in [2.24, 2.45) is 5.92 Å². The molecule has 0 unspecified atom stereocenters. The molecule has 0 atom stereocenters. The van der Waals surface area contributed by atoms with Crippen molar-refractivity contribution < 1.29 is 17.9 Å². The lowest BCUT2D eigenvalue weighted by Crippen LogP contribution is -2.39. The predicted octanol–water partition coefficient (Wildman–Crippen LogP) is 2.12. The molecule has 140 valence electrons. The van der Waals surface area contributed by atoms with E-state index >= 15 is 0 Å². The van der Waals surface area contributed by atoms with Crippen molar-refractivity contribution in [3.63, 3.8) is 0 Å². The minimum atomic E-state index is -3.73. The summed E-state index contributed by atoms with van der Waals surface area (Å²) < 4.78 is 32.3. The number of anilines is 1. The lowest BCUT2D eigenvalue weighted by molar-refractivity contribution is 0.0602. The van der Waals surface area contributed by atoms with E-state index in [4.69, 9.17) is 0 Å². The average molecular weight is 396 g/mol. The molecule has 26 heavy (non-hydrogen) atoms. The van der Waals surface area contributed by atoms with E-state index in [1.54, 1.807) is 11.6 Å². The number of rotatable bonds is 6. The quantitative estimate of drug-likeness (QED) is 0.754. The van der Waals surface area contributed by atoms with Crippen molar-refractivity contribution in [1.82, 2.24) is 9.71 Å². The van der Waals surface area contributed by atoms with Gasteiger partial charge in [0.1, 0.15) is 15.6 Å². The molecule has 0 saturated carbocycles. The van der Waals surface area contributed by atoms with Crippen molar-refractivity contribution in [2.75, 3.05) is 31.6 Å². The molecule has 0 radical (unpaired) electrons. The average Bonchev–Trinajstić information content (AvgIpc) is 3.18. The van der Waals surface area contributed by atoms with Crippen LogP contribution in [-0.2, 0) is 14.8 Å². The molecule has 3 rings (SSSR count). The lowest BCUT2D eigenvalue weighted by Gasteiger charge is -2.32. The Morgan fingerprint density at radius 2 is 2.12 bits per heavy atom. The number of methoxy groups -OCH3 is 1. The third kappa shape index (κ3) is 4.22. The summed E-state index contributed by atoms with van der Waals surface area (Å²) in [5.74, 6) is 0.571. The number of hydrogen-bond acceptors (Lipinski definition) is 7. The van der Waals surface area contributed by atoms with Gasteiger partial charge >= 0.3 is 5.97 Å². The molecule has 2 aromatic heterocycles. The van der Waals surface area contributed by atoms with Crippen LogP contribution in [0.25, 0.3) is 0 Å². The van der Waals surface area contributed by atoms with Crippen LogP contribution in [0, 0.1) is 5.92 Å². The van der Waals surface area contributed by atoms with Gasteiger partial charge in [0.05, 0.1) is 7.11 Å². The van der Waals surface area contributed by atoms with Crippen LogP contribution in [0.2, 0.25) is 0 Å². The molecule has 3 heterocycles. The van der Waals surface area contributed by atoms with Crippen molar-refractivity contribution in [2.45, 2.75) is 17.7 Å². The summed E-state index contributed by atoms with van der Waals surface area (Å²) in [6, 6.07) is 7.26. The lowest BCUT2D eigenvalue weighted by atomic mass is 9.97. The highest BCUT2D eigenvalue weighted by Crippen LogP contribution is 2.24. The maximum Gasteiger partial charge on any atom is 0.349 e. The van der Waals surface area contributed by atoms with Crippen molar-refractivity contribution in [3.8, 4) is 0 Å². The number of esters is 1. The largest absolute Gasteiger partial charge is 0.465 e. The van der Waals surface area contributed by atoms with Gasteiger partial charge < -0.3 is 9.64 Å². The summed E-state index contributed by atoms with van der Waals surface area (Å²) in [5.41, 5.74) is 0. The molecule has 7 nitrogen and oxygen atoms in total. The highest BCUT2D eigenvalue weighted by Gasteiger charge is 2.26. The Hall–Kier alpha value is -1.97. The summed E-state index contributed by atoms with van der Waals surface area (Å²) in [4.78, 5) is 18.4. The number of piperidine rings is 1. The summed E-state index contributed by atoms with van der Waals surface area (Å²) in [7, 11) is -2.50. The van der Waals surface area contributed by atoms with Gasteiger partial charge in [-0.15, -0.1) is 11.3 Å². The molecule has 0 aromatic carbocycles. The van der Waals surface area contributed by atoms with Crippen LogP contribution in [0.1, 0.15) is 22.5 Å². The molecular formula is C17H21N3O4S2. The highest BCUT2D eigenvalue weighted by atomic mass is 32.2. The van der Waals surface area contributed by atoms with Crippen molar-refractivity contribution >= 4 is 33.1 Å². The van der Waals surface area contributed by atoms with Gasteiger partial charge in [-0.2, -0.15) is 0 Å². The molecule has 1 aliphatic heterocycles. The highest BCUT2D eigenvalue weighted by molar-refractivity contribution is 7.89. The maximum absolute atomic E-state index is 12.5. The molecule has 1 saturated heterocycles. The number of ether oxygens (including phenoxy) is 1. The Morgan fingerprint density at radius 1 is 1.35 bits per heavy atom. The summed E-state index contributed by atoms with van der Waals surface area (Å²) in [6.45, 7) is 2.04. The van der Waals surface area contributed by atoms with Crippen LogP contribution in [0.4, 0.5) is 5.82 Å². The molecule has 0 bridgehead atoms. The molecule has 2 aromatic rings. The van der Waals surface area contributed by atoms with Gasteiger partial charge in [-0.05, 0) is 42.3 Å². The number of carbonyl (C=O) groups is 1. The van der Waals surface area contributed by atoms with E-state index < -0.39 is 16.0 Å². The zero-order valence-electron chi connectivity index (χ0n) is 14.4. The molecule has 0 aliphatic carbocycles. The fraction of sp³-hybridized carbons (Fsp3) is 0.412. The first-order valence-electron chi connectivity index (χ1n) is 8.32. The number of hydrogen-bond donors (Lipinski definition) is 1. The van der Waals surface area contributed by atoms with Crippen LogP contribution in [0.3, 0.4) is 0 Å². The van der Waals surface area contributed by atoms with Crippen molar-refractivity contribution in [3.05, 3.63) is 40.7 Å². The predicted molar refractivity (Wildman–Crippen MR) is 100 cm³/mol. The van der Waals surface area contributed by atoms with E-state index in [2.05, 4.69) is 19.3 Å². The van der Waals surface area contributed by atoms with Gasteiger partial charge in [0.2, 0.25) is 10.0 Å². The maximum atomic E-state index is 12.5. The summed E-state index contributed by atoms with van der Waals surface area (Å²) >= 11 is 1.06. The van der Waals surface area contributed by atoms with Gasteiger partial charge in [0.25, 0.3) is 0 Å². The number of carbonyl (C=O) groups excluding carboxylic acids is 1. The van der Waals surface area contributed by atoms with E-state index in [-0.39, 0.29) is 15.7 Å². The number of thiophene rings is 1. The van der Waals surface area contributed by atoms with E-state index in [1.165, 1.54) is 13.2 Å². The Labute approximate surface area is 157 Å². The normalized spacial score (nSPS) is 15.8. The topological polar surface area (TPSA) is 88.6 Å². The monoisotopic (exact) mass is 395 g/mol. The molecule has 1 aliphatic rings. The summed E-state index contributed by atoms with van der Waals surface area (Å²) in [5, 5.41) is 1.58. The van der Waals surface area contributed by atoms with Crippen LogP contribution < -0.4 is 9.62 Å². The van der Waals surface area contributed by atoms with Crippen LogP contribution in [0.5, 0.6) is 0 Å². The van der Waals surface area contributed by atoms with E-state index in [0.717, 1.165) is 43.1 Å². The second kappa shape index (κ2) is 8.15. The minimum Gasteiger partial charge on any atom is -0.465 e. The zero-order valence-corrected chi connectivity index (χ0v) is 16.1. The molecule has 1 N–H and O–H groups in total. The smallest absolute Gasteiger partial charge is 0.349 e. The minimum absolute atomic E-state index is 0.0136. The van der Waals surface area contributed by atoms with Gasteiger partial charge in [-0.25, -0.2) is 22.9 Å². The molecule has 9 heteroatoms. The SMILES string of the molecule is COC(=O)c1sccc1S(=O)(=O)NCC1CCN(c2ccccn2)CC1. The Kier molecular flexibility index (Phi) is 5.90. The first-order chi connectivity index (χ1) is 12.5. The third-order valence-electron chi connectivity index (χ3n) is 4.44. The number of nitrogens with zero attached hydrogens (tertiary/aromatic N) is 2. The van der Waals surface area contributed by atoms with Crippen LogP contribution in [0.15, 0.2) is 40.7 Å². The Balaban J connectivity index is 1.56. The number of pyridine rings is 1. The fourth-order valence-electron chi connectivity index (χ4n) is 2.96. The number of nitrogens with one attached hydrogen (secondary N) is 1. The van der Waals surface area contributed by atoms with E-state index in [9.17, 15) is 13.2 Å². The number of sulfonamides is 1. The molecule has 1 fully saturated rings. The van der Waals surface area contributed by atoms with Gasteiger partial charge in [0.15, 0.2) is 0 Å². The van der Waals surface area contributed by atoms with Gasteiger partial charge in [-0.3, -0.25) is 0 Å². The van der Waals surface area contributed by atoms with Crippen LogP contribution >= 0.6 is 11.3 Å². The van der Waals surface area contributed by atoms with Gasteiger partial charge in [-0.1, -0.05) is 6.07 Å². The van der Waals surface area contributed by atoms with Gasteiger partial charge in [0, 0.05) is 25.8 Å². The number of aromatic nitrogens is 1. The zero-order chi connectivity index (χ0) is 18.6. The molecule has 0 spiro atoms. The van der Waals surface area contributed by atoms with Crippen LogP contribution in [-0.4, -0.2) is 46.1 Å². The van der Waals surface area contributed by atoms with E-state index in [0.29, 0.717) is 6.54 Å². The Bertz CT molecular complexity index is 844. The fourth-order valence-corrected chi connectivity index (χ4v) is 5.41. The first kappa shape index (κ1) is 18.8. The second-order valence-corrected chi connectivity index (χ2v) is 8.73. The third-order valence-corrected chi connectivity index (χ3v) is 6.93. The molecule has 0 amide bonds. The molecular weight excluding hydrogens is 374 g/mol. The second-order valence-electron chi connectivity index (χ2n) is 6.08.